The van der Waals surface area contributed by atoms with Crippen LogP contribution in [0.1, 0.15) is 39.5 Å². The minimum atomic E-state index is 0.787. The second-order valence-corrected chi connectivity index (χ2v) is 6.24. The molecule has 0 spiro atoms. The number of nitrogens with zero attached hydrogens (tertiary/aromatic N) is 3. The van der Waals surface area contributed by atoms with Gasteiger partial charge in [0.25, 0.3) is 0 Å². The van der Waals surface area contributed by atoms with Gasteiger partial charge in [-0.2, -0.15) is 0 Å². The number of hydrogen-bond donors (Lipinski definition) is 0. The van der Waals surface area contributed by atoms with E-state index in [4.69, 9.17) is 0 Å². The fourth-order valence-electron chi connectivity index (χ4n) is 3.50. The number of piperidine rings is 1. The molecule has 2 rings (SSSR count). The van der Waals surface area contributed by atoms with Gasteiger partial charge in [0.15, 0.2) is 0 Å². The highest BCUT2D eigenvalue weighted by atomic mass is 15.3. The fraction of sp³-hybridized carbons (Fsp3) is 1.00. The van der Waals surface area contributed by atoms with Crippen molar-refractivity contribution in [3.8, 4) is 0 Å². The lowest BCUT2D eigenvalue weighted by atomic mass is 10.0. The Kier molecular flexibility index (Phi) is 5.46. The van der Waals surface area contributed by atoms with Crippen LogP contribution in [0, 0.1) is 0 Å². The minimum absolute atomic E-state index is 0.787. The van der Waals surface area contributed by atoms with E-state index in [0.29, 0.717) is 0 Å². The van der Waals surface area contributed by atoms with Crippen molar-refractivity contribution in [2.45, 2.75) is 51.6 Å². The molecule has 106 valence electrons. The monoisotopic (exact) mass is 253 g/mol. The molecule has 0 aromatic heterocycles. The molecule has 2 heterocycles. The summed E-state index contributed by atoms with van der Waals surface area (Å²) in [6.45, 7) is 12.4. The van der Waals surface area contributed by atoms with E-state index in [1.54, 1.807) is 0 Å². The van der Waals surface area contributed by atoms with E-state index in [-0.39, 0.29) is 0 Å². The van der Waals surface area contributed by atoms with E-state index in [2.05, 4.69) is 35.6 Å². The Bertz CT molecular complexity index is 228. The number of hydrogen-bond acceptors (Lipinski definition) is 3. The average Bonchev–Trinajstić information content (AvgIpc) is 2.40. The van der Waals surface area contributed by atoms with E-state index in [9.17, 15) is 0 Å². The van der Waals surface area contributed by atoms with Gasteiger partial charge >= 0.3 is 0 Å². The Hall–Kier alpha value is -0.120. The first kappa shape index (κ1) is 14.3. The lowest BCUT2D eigenvalue weighted by Gasteiger charge is -2.43. The number of likely N-dealkylation sites (tertiary alicyclic amines) is 1. The van der Waals surface area contributed by atoms with Gasteiger partial charge in [-0.05, 0) is 46.3 Å². The quantitative estimate of drug-likeness (QED) is 0.757. The maximum atomic E-state index is 2.75. The summed E-state index contributed by atoms with van der Waals surface area (Å²) in [7, 11) is 2.25. The molecule has 2 aliphatic rings. The highest BCUT2D eigenvalue weighted by Gasteiger charge is 2.27. The molecule has 2 aliphatic heterocycles. The van der Waals surface area contributed by atoms with Gasteiger partial charge in [-0.15, -0.1) is 0 Å². The van der Waals surface area contributed by atoms with Gasteiger partial charge < -0.3 is 4.90 Å². The third-order valence-corrected chi connectivity index (χ3v) is 4.88. The molecule has 0 bridgehead atoms. The molecule has 0 amide bonds. The highest BCUT2D eigenvalue weighted by molar-refractivity contribution is 4.83. The molecule has 0 aromatic carbocycles. The zero-order valence-corrected chi connectivity index (χ0v) is 12.6. The zero-order chi connectivity index (χ0) is 13.0. The molecule has 18 heavy (non-hydrogen) atoms. The molecule has 1 atom stereocenters. The molecule has 3 heteroatoms. The van der Waals surface area contributed by atoms with E-state index in [1.807, 2.05) is 0 Å². The van der Waals surface area contributed by atoms with Crippen molar-refractivity contribution in [1.29, 1.82) is 0 Å². The van der Waals surface area contributed by atoms with Crippen LogP contribution in [-0.2, 0) is 0 Å². The van der Waals surface area contributed by atoms with Crippen LogP contribution in [0.5, 0.6) is 0 Å². The van der Waals surface area contributed by atoms with Crippen LogP contribution in [0.15, 0.2) is 0 Å². The number of rotatable bonds is 4. The first-order valence-corrected chi connectivity index (χ1v) is 7.87. The third kappa shape index (κ3) is 3.69. The highest BCUT2D eigenvalue weighted by Crippen LogP contribution is 2.18. The van der Waals surface area contributed by atoms with E-state index in [1.165, 1.54) is 65.0 Å². The molecule has 0 aromatic rings. The summed E-state index contributed by atoms with van der Waals surface area (Å²) in [6.07, 6.45) is 5.42. The van der Waals surface area contributed by atoms with Gasteiger partial charge in [-0.3, -0.25) is 9.80 Å². The average molecular weight is 253 g/mol. The first-order chi connectivity index (χ1) is 8.70. The summed E-state index contributed by atoms with van der Waals surface area (Å²) in [5.41, 5.74) is 0. The lowest BCUT2D eigenvalue weighted by Crippen LogP contribution is -2.54. The molecule has 3 nitrogen and oxygen atoms in total. The summed E-state index contributed by atoms with van der Waals surface area (Å²) in [6, 6.07) is 1.65. The predicted octanol–water partition coefficient (Wildman–Crippen LogP) is 1.89. The standard InChI is InChI=1S/C15H31N3/c1-4-5-14(2)17-10-12-18(13-11-17)15-6-8-16(3)9-7-15/h14-15H,4-13H2,1-3H3. The Labute approximate surface area is 113 Å². The summed E-state index contributed by atoms with van der Waals surface area (Å²) >= 11 is 0. The molecule has 2 saturated heterocycles. The Morgan fingerprint density at radius 2 is 1.61 bits per heavy atom. The van der Waals surface area contributed by atoms with E-state index in [0.717, 1.165) is 12.1 Å². The summed E-state index contributed by atoms with van der Waals surface area (Å²) in [5, 5.41) is 0. The van der Waals surface area contributed by atoms with Gasteiger partial charge in [0.2, 0.25) is 0 Å². The Morgan fingerprint density at radius 1 is 1.00 bits per heavy atom. The van der Waals surface area contributed by atoms with Gasteiger partial charge in [-0.1, -0.05) is 13.3 Å². The second-order valence-electron chi connectivity index (χ2n) is 6.24. The van der Waals surface area contributed by atoms with Crippen molar-refractivity contribution in [3.63, 3.8) is 0 Å². The first-order valence-electron chi connectivity index (χ1n) is 7.87. The smallest absolute Gasteiger partial charge is 0.0121 e. The van der Waals surface area contributed by atoms with Gasteiger partial charge in [0.1, 0.15) is 0 Å². The van der Waals surface area contributed by atoms with Crippen LogP contribution < -0.4 is 0 Å². The fourth-order valence-corrected chi connectivity index (χ4v) is 3.50. The summed E-state index contributed by atoms with van der Waals surface area (Å²) in [4.78, 5) is 7.91. The molecular weight excluding hydrogens is 222 g/mol. The molecule has 0 saturated carbocycles. The molecule has 0 N–H and O–H groups in total. The van der Waals surface area contributed by atoms with Crippen molar-refractivity contribution in [3.05, 3.63) is 0 Å². The third-order valence-electron chi connectivity index (χ3n) is 4.88. The normalized spacial score (nSPS) is 27.5. The summed E-state index contributed by atoms with van der Waals surface area (Å²) < 4.78 is 0. The Balaban J connectivity index is 1.73. The molecular formula is C15H31N3. The topological polar surface area (TPSA) is 9.72 Å². The van der Waals surface area contributed by atoms with Crippen LogP contribution in [-0.4, -0.2) is 73.1 Å². The maximum Gasteiger partial charge on any atom is 0.0121 e. The molecule has 0 radical (unpaired) electrons. The van der Waals surface area contributed by atoms with Crippen molar-refractivity contribution in [2.24, 2.45) is 0 Å². The minimum Gasteiger partial charge on any atom is -0.306 e. The zero-order valence-electron chi connectivity index (χ0n) is 12.6. The van der Waals surface area contributed by atoms with Crippen LogP contribution >= 0.6 is 0 Å². The van der Waals surface area contributed by atoms with E-state index >= 15 is 0 Å². The largest absolute Gasteiger partial charge is 0.306 e. The summed E-state index contributed by atoms with van der Waals surface area (Å²) in [5.74, 6) is 0. The lowest BCUT2D eigenvalue weighted by molar-refractivity contribution is 0.0480. The SMILES string of the molecule is CCCC(C)N1CCN(C2CCN(C)CC2)CC1. The van der Waals surface area contributed by atoms with Crippen LogP contribution in [0.4, 0.5) is 0 Å². The van der Waals surface area contributed by atoms with Crippen molar-refractivity contribution >= 4 is 0 Å². The molecule has 1 unspecified atom stereocenters. The van der Waals surface area contributed by atoms with Gasteiger partial charge in [0.05, 0.1) is 0 Å². The van der Waals surface area contributed by atoms with Crippen LogP contribution in [0.2, 0.25) is 0 Å². The van der Waals surface area contributed by atoms with Gasteiger partial charge in [0, 0.05) is 38.3 Å². The van der Waals surface area contributed by atoms with E-state index < -0.39 is 0 Å². The van der Waals surface area contributed by atoms with Gasteiger partial charge in [-0.25, -0.2) is 0 Å². The van der Waals surface area contributed by atoms with Crippen molar-refractivity contribution in [1.82, 2.24) is 14.7 Å². The molecule has 2 fully saturated rings. The second kappa shape index (κ2) is 6.88. The predicted molar refractivity (Wildman–Crippen MR) is 78.0 cm³/mol. The molecule has 0 aliphatic carbocycles. The number of piperazine rings is 1. The van der Waals surface area contributed by atoms with Crippen LogP contribution in [0.25, 0.3) is 0 Å². The maximum absolute atomic E-state index is 2.75. The van der Waals surface area contributed by atoms with Crippen LogP contribution in [0.3, 0.4) is 0 Å². The Morgan fingerprint density at radius 3 is 2.17 bits per heavy atom. The van der Waals surface area contributed by atoms with Crippen molar-refractivity contribution < 1.29 is 0 Å². The van der Waals surface area contributed by atoms with Crippen molar-refractivity contribution in [2.75, 3.05) is 46.3 Å².